The van der Waals surface area contributed by atoms with E-state index in [0.717, 1.165) is 10.9 Å². The molecule has 1 amide bonds. The van der Waals surface area contributed by atoms with E-state index >= 15 is 0 Å². The summed E-state index contributed by atoms with van der Waals surface area (Å²) in [6.45, 7) is 3.48. The lowest BCUT2D eigenvalue weighted by Gasteiger charge is -2.18. The number of aliphatic hydroxyl groups is 1. The highest BCUT2D eigenvalue weighted by atomic mass is 16.5. The number of rotatable bonds is 5. The summed E-state index contributed by atoms with van der Waals surface area (Å²) in [5.74, 6) is 0.0599. The van der Waals surface area contributed by atoms with E-state index in [2.05, 4.69) is 9.97 Å². The van der Waals surface area contributed by atoms with E-state index in [4.69, 9.17) is 10.5 Å². The number of pyridine rings is 1. The number of fused-ring (bicyclic) bond motifs is 1. The van der Waals surface area contributed by atoms with E-state index in [0.29, 0.717) is 11.4 Å². The van der Waals surface area contributed by atoms with Crippen molar-refractivity contribution in [3.8, 4) is 5.75 Å². The topological polar surface area (TPSA) is 101 Å². The fourth-order valence-electron chi connectivity index (χ4n) is 1.73. The number of carbonyl (C=O) groups is 1. The van der Waals surface area contributed by atoms with E-state index in [-0.39, 0.29) is 6.61 Å². The third kappa shape index (κ3) is 3.36. The molecule has 0 saturated heterocycles. The second-order valence-corrected chi connectivity index (χ2v) is 5.11. The van der Waals surface area contributed by atoms with Gasteiger partial charge in [-0.05, 0) is 26.0 Å². The fraction of sp³-hybridized carbons (Fsp3) is 0.286. The molecule has 2 aromatic rings. The van der Waals surface area contributed by atoms with Gasteiger partial charge in [0.2, 0.25) is 5.91 Å². The van der Waals surface area contributed by atoms with Gasteiger partial charge >= 0.3 is 0 Å². The maximum absolute atomic E-state index is 10.8. The average Bonchev–Trinajstić information content (AvgIpc) is 2.76. The molecule has 6 nitrogen and oxygen atoms in total. The minimum absolute atomic E-state index is 0.149. The van der Waals surface area contributed by atoms with Crippen LogP contribution in [0.1, 0.15) is 19.4 Å². The molecule has 0 aliphatic carbocycles. The maximum atomic E-state index is 10.8. The van der Waals surface area contributed by atoms with Crippen LogP contribution < -0.4 is 10.5 Å². The van der Waals surface area contributed by atoms with Gasteiger partial charge < -0.3 is 20.6 Å². The predicted octanol–water partition coefficient (Wildman–Crippen LogP) is 1.21. The van der Waals surface area contributed by atoms with Gasteiger partial charge in [-0.3, -0.25) is 4.79 Å². The van der Waals surface area contributed by atoms with Crippen molar-refractivity contribution in [2.75, 3.05) is 6.61 Å². The van der Waals surface area contributed by atoms with E-state index in [1.54, 1.807) is 38.4 Å². The number of hydrogen-bond acceptors (Lipinski definition) is 4. The van der Waals surface area contributed by atoms with Gasteiger partial charge in [0.05, 0.1) is 11.0 Å². The van der Waals surface area contributed by atoms with E-state index in [1.165, 1.54) is 6.08 Å². The molecule has 0 spiro atoms. The first-order valence-corrected chi connectivity index (χ1v) is 6.15. The van der Waals surface area contributed by atoms with Crippen LogP contribution in [0.15, 0.2) is 24.5 Å². The SMILES string of the molecule is CC(C)(O)COc1ccnc2[nH]cc(C=CC(N)=O)c12. The number of hydrogen-bond donors (Lipinski definition) is 3. The summed E-state index contributed by atoms with van der Waals surface area (Å²) >= 11 is 0. The minimum atomic E-state index is -0.935. The Labute approximate surface area is 116 Å². The predicted molar refractivity (Wildman–Crippen MR) is 76.1 cm³/mol. The number of ether oxygens (including phenoxy) is 1. The van der Waals surface area contributed by atoms with Gasteiger partial charge in [0, 0.05) is 24.0 Å². The van der Waals surface area contributed by atoms with E-state index in [1.807, 2.05) is 0 Å². The molecule has 0 aliphatic rings. The lowest BCUT2D eigenvalue weighted by molar-refractivity contribution is -0.113. The molecule has 0 radical (unpaired) electrons. The summed E-state index contributed by atoms with van der Waals surface area (Å²) in [5.41, 5.74) is 5.54. The number of H-pyrrole nitrogens is 1. The maximum Gasteiger partial charge on any atom is 0.241 e. The van der Waals surface area contributed by atoms with Crippen LogP contribution in [-0.4, -0.2) is 33.2 Å². The molecule has 0 bridgehead atoms. The Kier molecular flexibility index (Phi) is 3.76. The molecule has 2 heterocycles. The number of nitrogens with two attached hydrogens (primary N) is 1. The number of aromatic amines is 1. The first-order valence-electron chi connectivity index (χ1n) is 6.15. The van der Waals surface area contributed by atoms with Crippen molar-refractivity contribution < 1.29 is 14.6 Å². The van der Waals surface area contributed by atoms with Crippen LogP contribution in [0, 0.1) is 0 Å². The highest BCUT2D eigenvalue weighted by molar-refractivity contribution is 5.96. The number of aromatic nitrogens is 2. The quantitative estimate of drug-likeness (QED) is 0.714. The molecule has 106 valence electrons. The van der Waals surface area contributed by atoms with Crippen molar-refractivity contribution in [3.05, 3.63) is 30.1 Å². The Bertz CT molecular complexity index is 653. The zero-order chi connectivity index (χ0) is 14.8. The molecular formula is C14H17N3O3. The van der Waals surface area contributed by atoms with Gasteiger partial charge in [-0.2, -0.15) is 0 Å². The molecule has 6 heteroatoms. The van der Waals surface area contributed by atoms with Crippen molar-refractivity contribution in [3.63, 3.8) is 0 Å². The summed E-state index contributed by atoms with van der Waals surface area (Å²) in [7, 11) is 0. The van der Waals surface area contributed by atoms with Crippen molar-refractivity contribution in [1.29, 1.82) is 0 Å². The van der Waals surface area contributed by atoms with Gasteiger partial charge in [0.25, 0.3) is 0 Å². The molecule has 4 N–H and O–H groups in total. The first kappa shape index (κ1) is 14.1. The van der Waals surface area contributed by atoms with Crippen LogP contribution in [0.3, 0.4) is 0 Å². The number of nitrogens with one attached hydrogen (secondary N) is 1. The Balaban J connectivity index is 2.39. The average molecular weight is 275 g/mol. The van der Waals surface area contributed by atoms with Crippen molar-refractivity contribution in [2.24, 2.45) is 5.73 Å². The molecule has 2 aromatic heterocycles. The highest BCUT2D eigenvalue weighted by Gasteiger charge is 2.16. The van der Waals surface area contributed by atoms with Crippen LogP contribution in [0.2, 0.25) is 0 Å². The van der Waals surface area contributed by atoms with Crippen LogP contribution in [0.25, 0.3) is 17.1 Å². The Morgan fingerprint density at radius 2 is 2.35 bits per heavy atom. The summed E-state index contributed by atoms with van der Waals surface area (Å²) in [6, 6.07) is 1.71. The number of amides is 1. The normalized spacial score (nSPS) is 12.2. The van der Waals surface area contributed by atoms with Gasteiger partial charge in [0.1, 0.15) is 18.0 Å². The van der Waals surface area contributed by atoms with E-state index < -0.39 is 11.5 Å². The van der Waals surface area contributed by atoms with Gasteiger partial charge in [-0.1, -0.05) is 0 Å². The Morgan fingerprint density at radius 1 is 1.60 bits per heavy atom. The molecule has 0 unspecified atom stereocenters. The molecular weight excluding hydrogens is 258 g/mol. The lowest BCUT2D eigenvalue weighted by Crippen LogP contribution is -2.27. The molecule has 0 saturated carbocycles. The zero-order valence-electron chi connectivity index (χ0n) is 11.4. The fourth-order valence-corrected chi connectivity index (χ4v) is 1.73. The third-order valence-corrected chi connectivity index (χ3v) is 2.57. The van der Waals surface area contributed by atoms with Crippen molar-refractivity contribution >= 4 is 23.0 Å². The Hall–Kier alpha value is -2.34. The standard InChI is InChI=1S/C14H17N3O3/c1-14(2,19)8-20-10-5-6-16-13-12(10)9(7-17-13)3-4-11(15)18/h3-7,19H,8H2,1-2H3,(H2,15,18)(H,16,17). The number of nitrogens with zero attached hydrogens (tertiary/aromatic N) is 1. The zero-order valence-corrected chi connectivity index (χ0v) is 11.4. The number of primary amides is 1. The summed E-state index contributed by atoms with van der Waals surface area (Å²) in [5, 5.41) is 10.5. The molecule has 0 aromatic carbocycles. The molecule has 0 atom stereocenters. The Morgan fingerprint density at radius 3 is 3.00 bits per heavy atom. The second kappa shape index (κ2) is 5.34. The second-order valence-electron chi connectivity index (χ2n) is 5.11. The van der Waals surface area contributed by atoms with Crippen LogP contribution in [-0.2, 0) is 4.79 Å². The lowest BCUT2D eigenvalue weighted by atomic mass is 10.1. The molecule has 0 fully saturated rings. The van der Waals surface area contributed by atoms with Crippen molar-refractivity contribution in [2.45, 2.75) is 19.4 Å². The summed E-state index contributed by atoms with van der Waals surface area (Å²) in [4.78, 5) is 18.0. The minimum Gasteiger partial charge on any atom is -0.490 e. The van der Waals surface area contributed by atoms with Crippen LogP contribution in [0.4, 0.5) is 0 Å². The smallest absolute Gasteiger partial charge is 0.241 e. The number of carbonyl (C=O) groups excluding carboxylic acids is 1. The third-order valence-electron chi connectivity index (χ3n) is 2.57. The summed E-state index contributed by atoms with van der Waals surface area (Å²) in [6.07, 6.45) is 6.20. The van der Waals surface area contributed by atoms with E-state index in [9.17, 15) is 9.90 Å². The van der Waals surface area contributed by atoms with Crippen LogP contribution in [0.5, 0.6) is 5.75 Å². The molecule has 0 aliphatic heterocycles. The van der Waals surface area contributed by atoms with Crippen molar-refractivity contribution in [1.82, 2.24) is 9.97 Å². The monoisotopic (exact) mass is 275 g/mol. The van der Waals surface area contributed by atoms with Crippen LogP contribution >= 0.6 is 0 Å². The molecule has 20 heavy (non-hydrogen) atoms. The molecule has 2 rings (SSSR count). The first-order chi connectivity index (χ1) is 9.37. The summed E-state index contributed by atoms with van der Waals surface area (Å²) < 4.78 is 5.63. The van der Waals surface area contributed by atoms with Gasteiger partial charge in [-0.15, -0.1) is 0 Å². The van der Waals surface area contributed by atoms with Gasteiger partial charge in [-0.25, -0.2) is 4.98 Å². The highest BCUT2D eigenvalue weighted by Crippen LogP contribution is 2.28. The largest absolute Gasteiger partial charge is 0.490 e. The van der Waals surface area contributed by atoms with Gasteiger partial charge in [0.15, 0.2) is 0 Å².